The lowest BCUT2D eigenvalue weighted by molar-refractivity contribution is -0.118. The summed E-state index contributed by atoms with van der Waals surface area (Å²) >= 11 is 0. The molecule has 0 aromatic heterocycles. The van der Waals surface area contributed by atoms with Crippen molar-refractivity contribution in [2.75, 3.05) is 7.11 Å². The van der Waals surface area contributed by atoms with Gasteiger partial charge in [0.05, 0.1) is 30.2 Å². The summed E-state index contributed by atoms with van der Waals surface area (Å²) in [5, 5.41) is 12.7. The highest BCUT2D eigenvalue weighted by atomic mass is 16.5. The summed E-state index contributed by atoms with van der Waals surface area (Å²) in [5.41, 5.74) is 8.78. The van der Waals surface area contributed by atoms with Crippen LogP contribution in [0.4, 0.5) is 0 Å². The van der Waals surface area contributed by atoms with Crippen molar-refractivity contribution in [2.24, 2.45) is 11.1 Å². The van der Waals surface area contributed by atoms with Gasteiger partial charge in [-0.2, -0.15) is 5.26 Å². The highest BCUT2D eigenvalue weighted by molar-refractivity contribution is 6.00. The van der Waals surface area contributed by atoms with E-state index in [-0.39, 0.29) is 17.0 Å². The van der Waals surface area contributed by atoms with Gasteiger partial charge in [0.2, 0.25) is 0 Å². The first-order valence-electron chi connectivity index (χ1n) is 8.38. The van der Waals surface area contributed by atoms with Crippen molar-refractivity contribution >= 4 is 11.8 Å². The molecule has 0 fully saturated rings. The molecule has 6 nitrogen and oxygen atoms in total. The van der Waals surface area contributed by atoms with Crippen LogP contribution >= 0.6 is 0 Å². The molecule has 0 saturated heterocycles. The maximum absolute atomic E-state index is 12.9. The zero-order chi connectivity index (χ0) is 19.1. The normalized spacial score (nSPS) is 21.6. The topological polar surface area (TPSA) is 105 Å². The number of carbonyl (C=O) groups excluding carboxylic acids is 2. The van der Waals surface area contributed by atoms with E-state index in [0.717, 1.165) is 11.3 Å². The molecule has 1 heterocycles. The molecule has 1 aromatic carbocycles. The molecule has 0 unspecified atom stereocenters. The van der Waals surface area contributed by atoms with E-state index in [9.17, 15) is 14.9 Å². The Morgan fingerprint density at radius 2 is 1.96 bits per heavy atom. The number of esters is 1. The fraction of sp³-hybridized carbons (Fsp3) is 0.350. The van der Waals surface area contributed by atoms with Crippen molar-refractivity contribution in [3.8, 4) is 6.07 Å². The minimum absolute atomic E-state index is 0.0195. The van der Waals surface area contributed by atoms with E-state index in [1.807, 2.05) is 13.8 Å². The average Bonchev–Trinajstić information content (AvgIpc) is 2.59. The number of benzene rings is 1. The van der Waals surface area contributed by atoms with Crippen LogP contribution in [0.3, 0.4) is 0 Å². The molecule has 134 valence electrons. The van der Waals surface area contributed by atoms with Gasteiger partial charge in [-0.25, -0.2) is 4.79 Å². The van der Waals surface area contributed by atoms with Gasteiger partial charge in [-0.05, 0) is 29.5 Å². The molecule has 26 heavy (non-hydrogen) atoms. The quantitative estimate of drug-likeness (QED) is 0.793. The summed E-state index contributed by atoms with van der Waals surface area (Å²) in [4.78, 5) is 24.5. The van der Waals surface area contributed by atoms with Gasteiger partial charge < -0.3 is 15.8 Å². The number of nitrogens with zero attached hydrogens (tertiary/aromatic N) is 1. The van der Waals surface area contributed by atoms with Crippen LogP contribution in [0.5, 0.6) is 0 Å². The van der Waals surface area contributed by atoms with E-state index in [2.05, 4.69) is 11.4 Å². The van der Waals surface area contributed by atoms with Crippen LogP contribution in [-0.4, -0.2) is 18.9 Å². The molecule has 3 N–H and O–H groups in total. The zero-order valence-electron chi connectivity index (χ0n) is 15.1. The van der Waals surface area contributed by atoms with Crippen molar-refractivity contribution in [2.45, 2.75) is 32.6 Å². The van der Waals surface area contributed by atoms with Gasteiger partial charge in [0.15, 0.2) is 5.78 Å². The second-order valence-electron chi connectivity index (χ2n) is 7.44. The molecule has 3 rings (SSSR count). The van der Waals surface area contributed by atoms with Gasteiger partial charge >= 0.3 is 5.97 Å². The minimum atomic E-state index is -0.522. The van der Waals surface area contributed by atoms with Gasteiger partial charge in [-0.15, -0.1) is 0 Å². The fourth-order valence-corrected chi connectivity index (χ4v) is 3.70. The molecule has 0 saturated carbocycles. The van der Waals surface area contributed by atoms with Gasteiger partial charge in [-0.3, -0.25) is 4.79 Å². The number of dihydropyridines is 1. The first-order valence-corrected chi connectivity index (χ1v) is 8.38. The SMILES string of the molecule is COC(=O)c1ccc([C@@H]2C(C#N)=C(N)NC3=C2C(=O)CC(C)(C)C3)cc1. The molecular weight excluding hydrogens is 330 g/mol. The maximum Gasteiger partial charge on any atom is 0.337 e. The lowest BCUT2D eigenvalue weighted by Gasteiger charge is -2.38. The number of methoxy groups -OCH3 is 1. The predicted octanol–water partition coefficient (Wildman–Crippen LogP) is 2.50. The number of ketones is 1. The third-order valence-electron chi connectivity index (χ3n) is 4.86. The molecule has 0 amide bonds. The molecule has 0 radical (unpaired) electrons. The Labute approximate surface area is 152 Å². The Morgan fingerprint density at radius 1 is 1.31 bits per heavy atom. The third kappa shape index (κ3) is 2.97. The number of rotatable bonds is 2. The Hall–Kier alpha value is -3.07. The Bertz CT molecular complexity index is 886. The van der Waals surface area contributed by atoms with Crippen LogP contribution in [0.1, 0.15) is 48.5 Å². The van der Waals surface area contributed by atoms with E-state index >= 15 is 0 Å². The summed E-state index contributed by atoms with van der Waals surface area (Å²) in [6.45, 7) is 4.08. The third-order valence-corrected chi connectivity index (χ3v) is 4.86. The summed E-state index contributed by atoms with van der Waals surface area (Å²) in [6.07, 6.45) is 1.10. The van der Waals surface area contributed by atoms with Crippen molar-refractivity contribution in [3.05, 3.63) is 58.1 Å². The lowest BCUT2D eigenvalue weighted by atomic mass is 9.69. The average molecular weight is 351 g/mol. The van der Waals surface area contributed by atoms with Crippen LogP contribution in [0.2, 0.25) is 0 Å². The molecule has 0 spiro atoms. The molecule has 1 aliphatic carbocycles. The second kappa shape index (κ2) is 6.34. The Kier molecular flexibility index (Phi) is 4.33. The number of hydrogen-bond acceptors (Lipinski definition) is 6. The molecule has 2 aliphatic rings. The van der Waals surface area contributed by atoms with Gasteiger partial charge in [0, 0.05) is 17.7 Å². The monoisotopic (exact) mass is 351 g/mol. The van der Waals surface area contributed by atoms with E-state index in [1.54, 1.807) is 24.3 Å². The molecule has 0 bridgehead atoms. The van der Waals surface area contributed by atoms with Crippen LogP contribution < -0.4 is 11.1 Å². The Balaban J connectivity index is 2.11. The first kappa shape index (κ1) is 17.7. The summed E-state index contributed by atoms with van der Waals surface area (Å²) in [6, 6.07) is 8.88. The van der Waals surface area contributed by atoms with Gasteiger partial charge in [0.1, 0.15) is 5.82 Å². The van der Waals surface area contributed by atoms with Crippen LogP contribution in [-0.2, 0) is 9.53 Å². The van der Waals surface area contributed by atoms with Crippen molar-refractivity contribution < 1.29 is 14.3 Å². The Morgan fingerprint density at radius 3 is 2.54 bits per heavy atom. The largest absolute Gasteiger partial charge is 0.465 e. The standard InChI is InChI=1S/C20H21N3O3/c1-20(2)8-14-17(15(24)9-20)16(13(10-21)18(22)23-14)11-4-6-12(7-5-11)19(25)26-3/h4-7,16,23H,8-9,22H2,1-3H3/t16-/m1/s1. The second-order valence-corrected chi connectivity index (χ2v) is 7.44. The highest BCUT2D eigenvalue weighted by Gasteiger charge is 2.41. The number of nitriles is 1. The van der Waals surface area contributed by atoms with E-state index in [4.69, 9.17) is 10.5 Å². The van der Waals surface area contributed by atoms with Crippen molar-refractivity contribution in [1.29, 1.82) is 5.26 Å². The summed E-state index contributed by atoms with van der Waals surface area (Å²) in [5.74, 6) is -0.663. The maximum atomic E-state index is 12.9. The number of hydrogen-bond donors (Lipinski definition) is 2. The number of allylic oxidation sites excluding steroid dienone is 3. The number of nitrogens with two attached hydrogens (primary N) is 1. The van der Waals surface area contributed by atoms with Crippen LogP contribution in [0.15, 0.2) is 46.9 Å². The molecule has 6 heteroatoms. The van der Waals surface area contributed by atoms with E-state index in [0.29, 0.717) is 29.6 Å². The van der Waals surface area contributed by atoms with Crippen LogP contribution in [0, 0.1) is 16.7 Å². The molecular formula is C20H21N3O3. The minimum Gasteiger partial charge on any atom is -0.465 e. The smallest absolute Gasteiger partial charge is 0.337 e. The number of ether oxygens (including phenoxy) is 1. The van der Waals surface area contributed by atoms with Crippen molar-refractivity contribution in [1.82, 2.24) is 5.32 Å². The number of carbonyl (C=O) groups is 2. The van der Waals surface area contributed by atoms with Crippen LogP contribution in [0.25, 0.3) is 0 Å². The summed E-state index contributed by atoms with van der Waals surface area (Å²) < 4.78 is 4.71. The van der Waals surface area contributed by atoms with Gasteiger partial charge in [0.25, 0.3) is 0 Å². The van der Waals surface area contributed by atoms with E-state index < -0.39 is 11.9 Å². The zero-order valence-corrected chi connectivity index (χ0v) is 15.1. The van der Waals surface area contributed by atoms with Gasteiger partial charge in [-0.1, -0.05) is 26.0 Å². The number of nitrogens with one attached hydrogen (secondary N) is 1. The molecule has 1 aliphatic heterocycles. The molecule has 1 atom stereocenters. The first-order chi connectivity index (χ1) is 12.3. The summed E-state index contributed by atoms with van der Waals surface area (Å²) in [7, 11) is 1.32. The van der Waals surface area contributed by atoms with E-state index in [1.165, 1.54) is 7.11 Å². The number of Topliss-reactive ketones (excluding diaryl/α,β-unsaturated/α-hetero) is 1. The highest BCUT2D eigenvalue weighted by Crippen LogP contribution is 2.45. The molecule has 1 aromatic rings. The lowest BCUT2D eigenvalue weighted by Crippen LogP contribution is -2.39. The fourth-order valence-electron chi connectivity index (χ4n) is 3.70. The predicted molar refractivity (Wildman–Crippen MR) is 95.5 cm³/mol. The van der Waals surface area contributed by atoms with Crippen molar-refractivity contribution in [3.63, 3.8) is 0 Å².